The zero-order valence-electron chi connectivity index (χ0n) is 12.3. The molecular weight excluding hydrogens is 218 g/mol. The molecule has 2 aromatic rings. The number of nitrogens with zero attached hydrogens (tertiary/aromatic N) is 1. The third-order valence-corrected chi connectivity index (χ3v) is 4.23. The van der Waals surface area contributed by atoms with Gasteiger partial charge in [-0.15, -0.1) is 0 Å². The van der Waals surface area contributed by atoms with Crippen molar-refractivity contribution in [2.24, 2.45) is 7.05 Å². The van der Waals surface area contributed by atoms with Crippen LogP contribution in [0.5, 0.6) is 0 Å². The maximum Gasteiger partial charge on any atom is 0.213 e. The molecule has 0 saturated heterocycles. The molecule has 1 aromatic heterocycles. The Kier molecular flexibility index (Phi) is 3.25. The van der Waals surface area contributed by atoms with E-state index in [-0.39, 0.29) is 0 Å². The number of hydrogen-bond acceptors (Lipinski definition) is 0. The molecule has 0 saturated carbocycles. The van der Waals surface area contributed by atoms with Crippen LogP contribution in [0.15, 0.2) is 24.3 Å². The maximum atomic E-state index is 2.30. The molecule has 0 bridgehead atoms. The van der Waals surface area contributed by atoms with Gasteiger partial charge < -0.3 is 0 Å². The molecule has 0 spiro atoms. The fraction of sp³-hybridized carbons (Fsp3) is 0.353. The predicted octanol–water partition coefficient (Wildman–Crippen LogP) is 3.72. The quantitative estimate of drug-likeness (QED) is 0.669. The second kappa shape index (κ2) is 4.56. The lowest BCUT2D eigenvalue weighted by Crippen LogP contribution is -2.36. The summed E-state index contributed by atoms with van der Waals surface area (Å²) in [6.07, 6.45) is 0. The number of aromatic nitrogens is 1. The molecule has 0 amide bonds. The number of hydrogen-bond donors (Lipinski definition) is 0. The second-order valence-corrected chi connectivity index (χ2v) is 5.23. The van der Waals surface area contributed by atoms with Crippen LogP contribution in [0.25, 0.3) is 11.3 Å². The van der Waals surface area contributed by atoms with Gasteiger partial charge in [0, 0.05) is 24.1 Å². The molecule has 0 radical (unpaired) electrons. The third kappa shape index (κ3) is 1.94. The van der Waals surface area contributed by atoms with Crippen LogP contribution in [0.3, 0.4) is 0 Å². The smallest absolute Gasteiger partial charge is 0.198 e. The first kappa shape index (κ1) is 12.8. The van der Waals surface area contributed by atoms with Crippen molar-refractivity contribution in [2.45, 2.75) is 34.6 Å². The average molecular weight is 240 g/mol. The topological polar surface area (TPSA) is 3.88 Å². The Labute approximate surface area is 110 Å². The SMILES string of the molecule is Cc1cccc(-c2cc(C)c(C)c(C)[n+]2C)c1C. The Morgan fingerprint density at radius 3 is 2.17 bits per heavy atom. The molecule has 18 heavy (non-hydrogen) atoms. The minimum absolute atomic E-state index is 1.30. The van der Waals surface area contributed by atoms with Gasteiger partial charge in [0.2, 0.25) is 5.69 Å². The average Bonchev–Trinajstić information content (AvgIpc) is 2.35. The van der Waals surface area contributed by atoms with E-state index in [4.69, 9.17) is 0 Å². The van der Waals surface area contributed by atoms with Crippen LogP contribution in [0, 0.1) is 34.6 Å². The van der Waals surface area contributed by atoms with Crippen molar-refractivity contribution in [3.8, 4) is 11.3 Å². The van der Waals surface area contributed by atoms with Crippen molar-refractivity contribution in [3.63, 3.8) is 0 Å². The second-order valence-electron chi connectivity index (χ2n) is 5.23. The third-order valence-electron chi connectivity index (χ3n) is 4.23. The number of pyridine rings is 1. The molecule has 0 aliphatic carbocycles. The molecule has 0 unspecified atom stereocenters. The van der Waals surface area contributed by atoms with Crippen LogP contribution < -0.4 is 4.57 Å². The first-order chi connectivity index (χ1) is 8.43. The lowest BCUT2D eigenvalue weighted by Gasteiger charge is -2.11. The van der Waals surface area contributed by atoms with E-state index in [1.54, 1.807) is 0 Å². The van der Waals surface area contributed by atoms with Crippen molar-refractivity contribution in [1.29, 1.82) is 0 Å². The van der Waals surface area contributed by atoms with E-state index in [1.807, 2.05) is 0 Å². The van der Waals surface area contributed by atoms with Gasteiger partial charge in [-0.05, 0) is 50.5 Å². The Bertz CT molecular complexity index is 609. The highest BCUT2D eigenvalue weighted by atomic mass is 14.9. The fourth-order valence-electron chi connectivity index (χ4n) is 2.41. The Balaban J connectivity index is 2.76. The van der Waals surface area contributed by atoms with E-state index in [9.17, 15) is 0 Å². The first-order valence-electron chi connectivity index (χ1n) is 6.47. The molecule has 1 heterocycles. The van der Waals surface area contributed by atoms with Crippen molar-refractivity contribution < 1.29 is 4.57 Å². The van der Waals surface area contributed by atoms with Crippen LogP contribution in [0.4, 0.5) is 0 Å². The molecule has 1 heteroatoms. The summed E-state index contributed by atoms with van der Waals surface area (Å²) in [5, 5.41) is 0. The zero-order valence-corrected chi connectivity index (χ0v) is 12.3. The molecule has 2 rings (SSSR count). The summed E-state index contributed by atoms with van der Waals surface area (Å²) in [5.41, 5.74) is 9.44. The first-order valence-corrected chi connectivity index (χ1v) is 6.47. The van der Waals surface area contributed by atoms with Crippen LogP contribution in [0.2, 0.25) is 0 Å². The van der Waals surface area contributed by atoms with Crippen LogP contribution in [-0.4, -0.2) is 0 Å². The summed E-state index contributed by atoms with van der Waals surface area (Å²) in [4.78, 5) is 0. The van der Waals surface area contributed by atoms with Gasteiger partial charge in [-0.25, -0.2) is 0 Å². The van der Waals surface area contributed by atoms with E-state index >= 15 is 0 Å². The van der Waals surface area contributed by atoms with E-state index in [0.717, 1.165) is 0 Å². The fourth-order valence-corrected chi connectivity index (χ4v) is 2.41. The van der Waals surface area contributed by atoms with E-state index in [1.165, 1.54) is 39.2 Å². The van der Waals surface area contributed by atoms with Gasteiger partial charge in [0.1, 0.15) is 7.05 Å². The number of benzene rings is 1. The Morgan fingerprint density at radius 2 is 1.50 bits per heavy atom. The van der Waals surface area contributed by atoms with E-state index < -0.39 is 0 Å². The standard InChI is InChI=1S/C17H22N/c1-11-8-7-9-16(14(11)4)17-10-12(2)13(3)15(5)18(17)6/h7-10H,1-6H3/q+1. The summed E-state index contributed by atoms with van der Waals surface area (Å²) in [5.74, 6) is 0. The predicted molar refractivity (Wildman–Crippen MR) is 76.7 cm³/mol. The van der Waals surface area contributed by atoms with Gasteiger partial charge in [-0.1, -0.05) is 12.1 Å². The lowest BCUT2D eigenvalue weighted by atomic mass is 9.97. The maximum absolute atomic E-state index is 2.30. The van der Waals surface area contributed by atoms with E-state index in [2.05, 4.69) is 70.5 Å². The summed E-state index contributed by atoms with van der Waals surface area (Å²) >= 11 is 0. The number of aryl methyl sites for hydroxylation is 2. The van der Waals surface area contributed by atoms with Crippen molar-refractivity contribution in [3.05, 3.63) is 52.2 Å². The molecule has 94 valence electrons. The number of rotatable bonds is 1. The summed E-state index contributed by atoms with van der Waals surface area (Å²) in [7, 11) is 2.15. The van der Waals surface area contributed by atoms with Crippen molar-refractivity contribution in [2.75, 3.05) is 0 Å². The molecule has 1 aromatic carbocycles. The molecule has 0 N–H and O–H groups in total. The normalized spacial score (nSPS) is 10.8. The van der Waals surface area contributed by atoms with Gasteiger partial charge in [-0.2, -0.15) is 4.57 Å². The molecule has 1 nitrogen and oxygen atoms in total. The molecule has 0 fully saturated rings. The minimum Gasteiger partial charge on any atom is -0.198 e. The highest BCUT2D eigenvalue weighted by molar-refractivity contribution is 5.63. The lowest BCUT2D eigenvalue weighted by molar-refractivity contribution is -0.667. The van der Waals surface area contributed by atoms with Crippen molar-refractivity contribution in [1.82, 2.24) is 0 Å². The van der Waals surface area contributed by atoms with Gasteiger partial charge >= 0.3 is 0 Å². The van der Waals surface area contributed by atoms with Gasteiger partial charge in [0.05, 0.1) is 0 Å². The van der Waals surface area contributed by atoms with Crippen LogP contribution in [-0.2, 0) is 7.05 Å². The zero-order chi connectivity index (χ0) is 13.4. The highest BCUT2D eigenvalue weighted by Gasteiger charge is 2.18. The van der Waals surface area contributed by atoms with Crippen molar-refractivity contribution >= 4 is 0 Å². The molecule has 0 aliphatic heterocycles. The molecule has 0 atom stereocenters. The summed E-state index contributed by atoms with van der Waals surface area (Å²) < 4.78 is 2.30. The monoisotopic (exact) mass is 240 g/mol. The highest BCUT2D eigenvalue weighted by Crippen LogP contribution is 2.25. The Morgan fingerprint density at radius 1 is 0.833 bits per heavy atom. The molecular formula is C17H22N+. The van der Waals surface area contributed by atoms with Gasteiger partial charge in [-0.3, -0.25) is 0 Å². The van der Waals surface area contributed by atoms with Gasteiger partial charge in [0.15, 0.2) is 5.69 Å². The minimum atomic E-state index is 1.30. The largest absolute Gasteiger partial charge is 0.213 e. The summed E-state index contributed by atoms with van der Waals surface area (Å²) in [6.45, 7) is 11.0. The Hall–Kier alpha value is -1.63. The van der Waals surface area contributed by atoms with E-state index in [0.29, 0.717) is 0 Å². The van der Waals surface area contributed by atoms with Gasteiger partial charge in [0.25, 0.3) is 0 Å². The molecule has 0 aliphatic rings. The summed E-state index contributed by atoms with van der Waals surface area (Å²) in [6, 6.07) is 8.82. The van der Waals surface area contributed by atoms with Crippen LogP contribution in [0.1, 0.15) is 27.9 Å². The van der Waals surface area contributed by atoms with Crippen LogP contribution >= 0.6 is 0 Å².